The summed E-state index contributed by atoms with van der Waals surface area (Å²) in [6.07, 6.45) is 2.21. The second-order valence-electron chi connectivity index (χ2n) is 4.58. The van der Waals surface area contributed by atoms with Gasteiger partial charge in [0.2, 0.25) is 0 Å². The molecule has 2 aromatic rings. The molecule has 0 saturated heterocycles. The Hall–Kier alpha value is -2.16. The van der Waals surface area contributed by atoms with Gasteiger partial charge in [0.15, 0.2) is 0 Å². The number of nitrogens with zero attached hydrogens (tertiary/aromatic N) is 1. The highest BCUT2D eigenvalue weighted by molar-refractivity contribution is 5.87. The number of benzene rings is 1. The van der Waals surface area contributed by atoms with Gasteiger partial charge in [-0.25, -0.2) is 9.78 Å². The first-order valence-electron chi connectivity index (χ1n) is 6.98. The fourth-order valence-corrected chi connectivity index (χ4v) is 2.05. The molecule has 1 aromatic carbocycles. The van der Waals surface area contributed by atoms with Crippen molar-refractivity contribution in [3.8, 4) is 11.3 Å². The van der Waals surface area contributed by atoms with E-state index in [0.29, 0.717) is 12.3 Å². The van der Waals surface area contributed by atoms with Crippen molar-refractivity contribution in [2.75, 3.05) is 6.61 Å². The van der Waals surface area contributed by atoms with E-state index in [1.807, 2.05) is 24.3 Å². The van der Waals surface area contributed by atoms with E-state index < -0.39 is 0 Å². The Morgan fingerprint density at radius 2 is 1.85 bits per heavy atom. The Balaban J connectivity index is 2.24. The molecule has 1 aromatic heterocycles. The zero-order chi connectivity index (χ0) is 14.4. The van der Waals surface area contributed by atoms with Crippen LogP contribution in [0.15, 0.2) is 42.5 Å². The highest BCUT2D eigenvalue weighted by atomic mass is 16.5. The van der Waals surface area contributed by atoms with Gasteiger partial charge in [-0.05, 0) is 31.0 Å². The molecule has 1 heterocycles. The number of carbonyl (C=O) groups excluding carboxylic acids is 1. The quantitative estimate of drug-likeness (QED) is 0.773. The Bertz CT molecular complexity index is 576. The molecule has 0 spiro atoms. The summed E-state index contributed by atoms with van der Waals surface area (Å²) in [7, 11) is 0. The van der Waals surface area contributed by atoms with Gasteiger partial charge >= 0.3 is 5.97 Å². The number of ether oxygens (including phenoxy) is 1. The summed E-state index contributed by atoms with van der Waals surface area (Å²) < 4.78 is 4.97. The maximum Gasteiger partial charge on any atom is 0.356 e. The summed E-state index contributed by atoms with van der Waals surface area (Å²) in [5.41, 5.74) is 3.47. The van der Waals surface area contributed by atoms with Gasteiger partial charge in [-0.1, -0.05) is 43.7 Å². The first-order valence-corrected chi connectivity index (χ1v) is 6.98. The van der Waals surface area contributed by atoms with Crippen LogP contribution in [0.2, 0.25) is 0 Å². The van der Waals surface area contributed by atoms with Crippen molar-refractivity contribution in [3.05, 3.63) is 53.7 Å². The number of aryl methyl sites for hydroxylation is 1. The van der Waals surface area contributed by atoms with E-state index >= 15 is 0 Å². The Kier molecular flexibility index (Phi) is 4.88. The Morgan fingerprint density at radius 1 is 1.10 bits per heavy atom. The normalized spacial score (nSPS) is 10.3. The van der Waals surface area contributed by atoms with E-state index in [-0.39, 0.29) is 5.97 Å². The van der Waals surface area contributed by atoms with Gasteiger partial charge in [0, 0.05) is 5.56 Å². The van der Waals surface area contributed by atoms with Crippen molar-refractivity contribution < 1.29 is 9.53 Å². The third-order valence-corrected chi connectivity index (χ3v) is 3.02. The zero-order valence-corrected chi connectivity index (χ0v) is 11.9. The molecule has 3 nitrogen and oxygen atoms in total. The maximum absolute atomic E-state index is 11.7. The van der Waals surface area contributed by atoms with Crippen molar-refractivity contribution in [1.29, 1.82) is 0 Å². The molecule has 0 aliphatic carbocycles. The first-order chi connectivity index (χ1) is 9.74. The van der Waals surface area contributed by atoms with E-state index in [9.17, 15) is 4.79 Å². The summed E-state index contributed by atoms with van der Waals surface area (Å²) in [5, 5.41) is 0. The standard InChI is InChI=1S/C17H19NO2/c1-3-6-13-9-11-14(12-10-13)15-7-5-8-16(18-15)17(19)20-4-2/h5,7-12H,3-4,6H2,1-2H3. The number of hydrogen-bond donors (Lipinski definition) is 0. The van der Waals surface area contributed by atoms with Gasteiger partial charge in [0.05, 0.1) is 12.3 Å². The third kappa shape index (κ3) is 3.44. The molecule has 0 bridgehead atoms. The first kappa shape index (κ1) is 14.3. The lowest BCUT2D eigenvalue weighted by Crippen LogP contribution is -2.07. The van der Waals surface area contributed by atoms with Gasteiger partial charge < -0.3 is 4.74 Å². The largest absolute Gasteiger partial charge is 0.461 e. The molecule has 0 atom stereocenters. The SMILES string of the molecule is CCCc1ccc(-c2cccc(C(=O)OCC)n2)cc1. The van der Waals surface area contributed by atoms with Gasteiger partial charge in [-0.3, -0.25) is 0 Å². The molecular weight excluding hydrogens is 250 g/mol. The lowest BCUT2D eigenvalue weighted by molar-refractivity contribution is 0.0519. The molecule has 2 rings (SSSR count). The van der Waals surface area contributed by atoms with Crippen LogP contribution in [0.25, 0.3) is 11.3 Å². The van der Waals surface area contributed by atoms with Crippen LogP contribution in [0.4, 0.5) is 0 Å². The van der Waals surface area contributed by atoms with Crippen LogP contribution in [0.5, 0.6) is 0 Å². The van der Waals surface area contributed by atoms with Crippen LogP contribution in [0.1, 0.15) is 36.3 Å². The highest BCUT2D eigenvalue weighted by Crippen LogP contribution is 2.18. The summed E-state index contributed by atoms with van der Waals surface area (Å²) in [6.45, 7) is 4.31. The predicted molar refractivity (Wildman–Crippen MR) is 79.6 cm³/mol. The minimum absolute atomic E-state index is 0.349. The van der Waals surface area contributed by atoms with E-state index in [2.05, 4.69) is 24.0 Å². The van der Waals surface area contributed by atoms with Crippen molar-refractivity contribution in [2.45, 2.75) is 26.7 Å². The van der Waals surface area contributed by atoms with Gasteiger partial charge in [-0.2, -0.15) is 0 Å². The molecule has 0 saturated carbocycles. The Labute approximate surface area is 119 Å². The Morgan fingerprint density at radius 3 is 2.50 bits per heavy atom. The lowest BCUT2D eigenvalue weighted by atomic mass is 10.1. The second kappa shape index (κ2) is 6.85. The van der Waals surface area contributed by atoms with E-state index in [0.717, 1.165) is 24.1 Å². The van der Waals surface area contributed by atoms with Gasteiger partial charge in [0.1, 0.15) is 5.69 Å². The molecule has 0 unspecified atom stereocenters. The van der Waals surface area contributed by atoms with E-state index in [1.165, 1.54) is 5.56 Å². The van der Waals surface area contributed by atoms with Crippen LogP contribution in [0.3, 0.4) is 0 Å². The van der Waals surface area contributed by atoms with Crippen LogP contribution < -0.4 is 0 Å². The summed E-state index contributed by atoms with van der Waals surface area (Å²) in [4.78, 5) is 16.0. The molecule has 0 aliphatic rings. The second-order valence-corrected chi connectivity index (χ2v) is 4.58. The van der Waals surface area contributed by atoms with Crippen LogP contribution in [0, 0.1) is 0 Å². The van der Waals surface area contributed by atoms with Crippen molar-refractivity contribution in [2.24, 2.45) is 0 Å². The third-order valence-electron chi connectivity index (χ3n) is 3.02. The van der Waals surface area contributed by atoms with Crippen molar-refractivity contribution >= 4 is 5.97 Å². The van der Waals surface area contributed by atoms with Crippen LogP contribution >= 0.6 is 0 Å². The molecule has 20 heavy (non-hydrogen) atoms. The lowest BCUT2D eigenvalue weighted by Gasteiger charge is -2.05. The minimum atomic E-state index is -0.378. The topological polar surface area (TPSA) is 39.2 Å². The number of hydrogen-bond acceptors (Lipinski definition) is 3. The number of aromatic nitrogens is 1. The summed E-state index contributed by atoms with van der Waals surface area (Å²) in [6, 6.07) is 13.7. The monoisotopic (exact) mass is 269 g/mol. The predicted octanol–water partition coefficient (Wildman–Crippen LogP) is 3.88. The van der Waals surface area contributed by atoms with Gasteiger partial charge in [-0.15, -0.1) is 0 Å². The maximum atomic E-state index is 11.7. The number of pyridine rings is 1. The molecule has 0 amide bonds. The fourth-order valence-electron chi connectivity index (χ4n) is 2.05. The number of esters is 1. The molecule has 0 fully saturated rings. The summed E-state index contributed by atoms with van der Waals surface area (Å²) in [5.74, 6) is -0.378. The van der Waals surface area contributed by atoms with E-state index in [4.69, 9.17) is 4.74 Å². The summed E-state index contributed by atoms with van der Waals surface area (Å²) >= 11 is 0. The molecule has 3 heteroatoms. The smallest absolute Gasteiger partial charge is 0.356 e. The minimum Gasteiger partial charge on any atom is -0.461 e. The molecule has 0 aliphatic heterocycles. The average molecular weight is 269 g/mol. The van der Waals surface area contributed by atoms with Crippen molar-refractivity contribution in [1.82, 2.24) is 4.98 Å². The number of rotatable bonds is 5. The van der Waals surface area contributed by atoms with Crippen LogP contribution in [-0.2, 0) is 11.2 Å². The highest BCUT2D eigenvalue weighted by Gasteiger charge is 2.09. The van der Waals surface area contributed by atoms with Gasteiger partial charge in [0.25, 0.3) is 0 Å². The molecular formula is C17H19NO2. The molecule has 0 N–H and O–H groups in total. The average Bonchev–Trinajstić information content (AvgIpc) is 2.49. The van der Waals surface area contributed by atoms with Crippen LogP contribution in [-0.4, -0.2) is 17.6 Å². The van der Waals surface area contributed by atoms with E-state index in [1.54, 1.807) is 13.0 Å². The molecule has 104 valence electrons. The fraction of sp³-hybridized carbons (Fsp3) is 0.294. The molecule has 0 radical (unpaired) electrons. The number of carbonyl (C=O) groups is 1. The van der Waals surface area contributed by atoms with Crippen molar-refractivity contribution in [3.63, 3.8) is 0 Å². The zero-order valence-electron chi connectivity index (χ0n) is 11.9.